The fraction of sp³-hybridized carbons (Fsp3) is 0.400. The van der Waals surface area contributed by atoms with E-state index >= 15 is 0 Å². The summed E-state index contributed by atoms with van der Waals surface area (Å²) in [6.07, 6.45) is 10.5. The zero-order valence-corrected chi connectivity index (χ0v) is 26.0. The zero-order chi connectivity index (χ0) is 30.5. The highest BCUT2D eigenvalue weighted by molar-refractivity contribution is 7.92. The summed E-state index contributed by atoms with van der Waals surface area (Å²) in [6, 6.07) is 10.0. The largest absolute Gasteiger partial charge is 0.444 e. The Morgan fingerprint density at radius 3 is 2.33 bits per heavy atom. The third-order valence-corrected chi connectivity index (χ3v) is 8.73. The van der Waals surface area contributed by atoms with E-state index in [1.165, 1.54) is 12.1 Å². The van der Waals surface area contributed by atoms with E-state index in [0.29, 0.717) is 11.6 Å². The monoisotopic (exact) mass is 612 g/mol. The van der Waals surface area contributed by atoms with Crippen molar-refractivity contribution in [1.82, 2.24) is 19.9 Å². The lowest BCUT2D eigenvalue weighted by Crippen LogP contribution is -2.43. The molecule has 2 N–H and O–H groups in total. The van der Waals surface area contributed by atoms with E-state index in [2.05, 4.69) is 25.0 Å². The van der Waals surface area contributed by atoms with Crippen LogP contribution in [-0.4, -0.2) is 59.1 Å². The maximum atomic E-state index is 12.7. The van der Waals surface area contributed by atoms with Gasteiger partial charge in [0.1, 0.15) is 16.3 Å². The Balaban J connectivity index is 1.29. The minimum Gasteiger partial charge on any atom is -0.444 e. The lowest BCUT2D eigenvalue weighted by atomic mass is 9.90. The van der Waals surface area contributed by atoms with Crippen LogP contribution in [0, 0.1) is 6.92 Å². The third-order valence-electron chi connectivity index (χ3n) is 6.88. The van der Waals surface area contributed by atoms with Crippen molar-refractivity contribution in [3.8, 4) is 0 Å². The molecule has 12 heteroatoms. The Labute approximate surface area is 252 Å². The summed E-state index contributed by atoms with van der Waals surface area (Å²) in [6.45, 7) is 7.41. The first kappa shape index (κ1) is 31.2. The number of nitrogens with one attached hydrogen (secondary N) is 2. The van der Waals surface area contributed by atoms with Crippen LogP contribution in [0.2, 0.25) is 5.02 Å². The number of aryl methyl sites for hydroxylation is 1. The number of amides is 1. The Hall–Kier alpha value is -3.70. The van der Waals surface area contributed by atoms with Gasteiger partial charge < -0.3 is 15.0 Å². The highest BCUT2D eigenvalue weighted by Crippen LogP contribution is 2.26. The van der Waals surface area contributed by atoms with Gasteiger partial charge in [-0.05, 0) is 83.2 Å². The van der Waals surface area contributed by atoms with Gasteiger partial charge in [-0.3, -0.25) is 4.72 Å². The molecule has 2 aromatic heterocycles. The van der Waals surface area contributed by atoms with Crippen molar-refractivity contribution in [2.45, 2.75) is 76.0 Å². The number of carbonyl (C=O) groups excluding carboxylic acids is 1. The highest BCUT2D eigenvalue weighted by Gasteiger charge is 2.29. The number of pyridine rings is 1. The second-order valence-corrected chi connectivity index (χ2v) is 13.4. The van der Waals surface area contributed by atoms with Crippen LogP contribution < -0.4 is 10.0 Å². The summed E-state index contributed by atoms with van der Waals surface area (Å²) in [5, 5.41) is 3.54. The van der Waals surface area contributed by atoms with Crippen molar-refractivity contribution in [3.63, 3.8) is 0 Å². The average Bonchev–Trinajstić information content (AvgIpc) is 2.92. The number of halogens is 1. The third kappa shape index (κ3) is 8.42. The van der Waals surface area contributed by atoms with Crippen molar-refractivity contribution in [1.29, 1.82) is 0 Å². The topological polar surface area (TPSA) is 126 Å². The van der Waals surface area contributed by atoms with Crippen molar-refractivity contribution in [2.75, 3.05) is 17.1 Å². The summed E-state index contributed by atoms with van der Waals surface area (Å²) in [4.78, 5) is 27.4. The molecule has 1 fully saturated rings. The molecule has 1 amide bonds. The van der Waals surface area contributed by atoms with E-state index in [1.807, 2.05) is 32.9 Å². The molecule has 1 aromatic carbocycles. The van der Waals surface area contributed by atoms with Gasteiger partial charge in [0.15, 0.2) is 0 Å². The van der Waals surface area contributed by atoms with E-state index in [0.717, 1.165) is 36.8 Å². The van der Waals surface area contributed by atoms with Crippen LogP contribution in [0.5, 0.6) is 0 Å². The number of sulfonamides is 1. The average molecular weight is 613 g/mol. The lowest BCUT2D eigenvalue weighted by Gasteiger charge is -2.35. The molecular formula is C30H37ClN6O4S. The molecule has 2 heterocycles. The van der Waals surface area contributed by atoms with Crippen molar-refractivity contribution >= 4 is 51.6 Å². The highest BCUT2D eigenvalue weighted by atomic mass is 35.5. The van der Waals surface area contributed by atoms with Gasteiger partial charge in [0, 0.05) is 42.8 Å². The zero-order valence-electron chi connectivity index (χ0n) is 24.5. The van der Waals surface area contributed by atoms with Crippen molar-refractivity contribution in [2.24, 2.45) is 0 Å². The molecule has 3 aromatic rings. The molecule has 1 saturated carbocycles. The van der Waals surface area contributed by atoms with Crippen LogP contribution in [0.1, 0.15) is 63.3 Å². The van der Waals surface area contributed by atoms with Gasteiger partial charge in [0.2, 0.25) is 5.95 Å². The molecule has 0 aliphatic heterocycles. The van der Waals surface area contributed by atoms with Crippen molar-refractivity contribution in [3.05, 3.63) is 70.6 Å². The number of hydrogen-bond acceptors (Lipinski definition) is 8. The van der Waals surface area contributed by atoms with Gasteiger partial charge in [0.25, 0.3) is 10.0 Å². The number of carbonyl (C=O) groups is 1. The Kier molecular flexibility index (Phi) is 9.73. The number of aromatic nitrogens is 3. The molecule has 0 unspecified atom stereocenters. The van der Waals surface area contributed by atoms with E-state index in [4.69, 9.17) is 16.3 Å². The quantitative estimate of drug-likeness (QED) is 0.299. The lowest BCUT2D eigenvalue weighted by molar-refractivity contribution is 0.0185. The molecular weight excluding hydrogens is 576 g/mol. The van der Waals surface area contributed by atoms with Gasteiger partial charge in [0.05, 0.1) is 5.02 Å². The summed E-state index contributed by atoms with van der Waals surface area (Å²) in [7, 11) is -2.06. The van der Waals surface area contributed by atoms with Crippen LogP contribution in [0.3, 0.4) is 0 Å². The second kappa shape index (κ2) is 13.1. The molecule has 0 atom stereocenters. The molecule has 4 rings (SSSR count). The predicted octanol–water partition coefficient (Wildman–Crippen LogP) is 6.39. The SMILES string of the molecule is Cc1nc(NS(=O)(=O)c2ccccc2Cl)ccc1/C=C/c1cnc(NC2CCC(N(C)C(=O)OC(C)(C)C)CC2)nc1. The van der Waals surface area contributed by atoms with E-state index in [-0.39, 0.29) is 33.9 Å². The summed E-state index contributed by atoms with van der Waals surface area (Å²) >= 11 is 6.05. The predicted molar refractivity (Wildman–Crippen MR) is 166 cm³/mol. The molecule has 0 radical (unpaired) electrons. The first-order valence-electron chi connectivity index (χ1n) is 13.8. The maximum Gasteiger partial charge on any atom is 0.410 e. The summed E-state index contributed by atoms with van der Waals surface area (Å²) in [5.41, 5.74) is 1.78. The summed E-state index contributed by atoms with van der Waals surface area (Å²) in [5.74, 6) is 0.762. The molecule has 1 aliphatic carbocycles. The van der Waals surface area contributed by atoms with Crippen LogP contribution in [0.15, 0.2) is 53.7 Å². The molecule has 42 heavy (non-hydrogen) atoms. The van der Waals surface area contributed by atoms with Gasteiger partial charge in [-0.25, -0.2) is 28.2 Å². The standard InChI is InChI=1S/C30H37ClN6O4S/c1-20-22(12-17-27(34-20)36-42(39,40)26-9-7-6-8-25(26)31)11-10-21-18-32-28(33-19-21)35-23-13-15-24(16-14-23)37(5)29(38)41-30(2,3)4/h6-12,17-19,23-24H,13-16H2,1-5H3,(H,34,36)(H,32,33,35)/b11-10+. The van der Waals surface area contributed by atoms with E-state index in [1.54, 1.807) is 55.5 Å². The van der Waals surface area contributed by atoms with Crippen LogP contribution in [-0.2, 0) is 14.8 Å². The minimum atomic E-state index is -3.87. The van der Waals surface area contributed by atoms with Gasteiger partial charge >= 0.3 is 6.09 Å². The molecule has 10 nitrogen and oxygen atoms in total. The fourth-order valence-electron chi connectivity index (χ4n) is 4.62. The number of rotatable bonds is 8. The molecule has 224 valence electrons. The van der Waals surface area contributed by atoms with E-state index in [9.17, 15) is 13.2 Å². The summed E-state index contributed by atoms with van der Waals surface area (Å²) < 4.78 is 33.4. The smallest absolute Gasteiger partial charge is 0.410 e. The van der Waals surface area contributed by atoms with Gasteiger partial charge in [-0.1, -0.05) is 35.9 Å². The van der Waals surface area contributed by atoms with Crippen molar-refractivity contribution < 1.29 is 17.9 Å². The van der Waals surface area contributed by atoms with E-state index < -0.39 is 15.6 Å². The van der Waals surface area contributed by atoms with Crippen LogP contribution in [0.4, 0.5) is 16.6 Å². The Morgan fingerprint density at radius 2 is 1.71 bits per heavy atom. The number of benzene rings is 1. The number of nitrogens with zero attached hydrogens (tertiary/aromatic N) is 4. The molecule has 1 aliphatic rings. The fourth-order valence-corrected chi connectivity index (χ4v) is 6.14. The normalized spacial score (nSPS) is 17.6. The number of anilines is 2. The van der Waals surface area contributed by atoms with Gasteiger partial charge in [-0.15, -0.1) is 0 Å². The Morgan fingerprint density at radius 1 is 1.05 bits per heavy atom. The first-order valence-corrected chi connectivity index (χ1v) is 15.6. The maximum absolute atomic E-state index is 12.7. The number of hydrogen-bond donors (Lipinski definition) is 2. The number of ether oxygens (including phenoxy) is 1. The minimum absolute atomic E-state index is 0.00786. The second-order valence-electron chi connectivity index (χ2n) is 11.3. The molecule has 0 spiro atoms. The molecule has 0 saturated heterocycles. The van der Waals surface area contributed by atoms with Gasteiger partial charge in [-0.2, -0.15) is 0 Å². The van der Waals surface area contributed by atoms with Crippen LogP contribution in [0.25, 0.3) is 12.2 Å². The molecule has 0 bridgehead atoms. The van der Waals surface area contributed by atoms with Crippen LogP contribution >= 0.6 is 11.6 Å². The Bertz CT molecular complexity index is 1530. The first-order chi connectivity index (χ1) is 19.8.